The van der Waals surface area contributed by atoms with Crippen molar-refractivity contribution in [3.63, 3.8) is 0 Å². The highest BCUT2D eigenvalue weighted by Gasteiger charge is 2.22. The molecular weight excluding hydrogens is 415 g/mol. The zero-order valence-corrected chi connectivity index (χ0v) is 20.3. The molecule has 2 heterocycles. The molecule has 0 radical (unpaired) electrons. The van der Waals surface area contributed by atoms with E-state index in [9.17, 15) is 4.39 Å². The third-order valence-electron chi connectivity index (χ3n) is 5.78. The largest absolute Gasteiger partial charge is 0.485 e. The average Bonchev–Trinajstić information content (AvgIpc) is 2.76. The minimum Gasteiger partial charge on any atom is -0.485 e. The molecule has 0 amide bonds. The molecule has 2 aromatic heterocycles. The Morgan fingerprint density at radius 1 is 0.879 bits per heavy atom. The molecule has 4 nitrogen and oxygen atoms in total. The molecule has 4 aromatic rings. The maximum Gasteiger partial charge on any atom is 0.265 e. The molecular formula is C28H32FN2O2+. The normalized spacial score (nSPS) is 12.3. The highest BCUT2D eigenvalue weighted by Crippen LogP contribution is 2.31. The summed E-state index contributed by atoms with van der Waals surface area (Å²) in [5, 5.41) is 1.90. The van der Waals surface area contributed by atoms with E-state index in [4.69, 9.17) is 9.57 Å². The Balaban J connectivity index is 1.86. The van der Waals surface area contributed by atoms with E-state index in [1.807, 2.05) is 18.2 Å². The molecule has 0 fully saturated rings. The number of aromatic nitrogens is 2. The summed E-state index contributed by atoms with van der Waals surface area (Å²) in [6.45, 7) is 12.5. The monoisotopic (exact) mass is 447 g/mol. The van der Waals surface area contributed by atoms with Crippen molar-refractivity contribution in [2.75, 3.05) is 13.3 Å². The first-order valence-corrected chi connectivity index (χ1v) is 11.3. The number of rotatable bonds is 5. The van der Waals surface area contributed by atoms with Gasteiger partial charge in [0.25, 0.3) is 11.7 Å². The lowest BCUT2D eigenvalue weighted by Crippen LogP contribution is -2.40. The Morgan fingerprint density at radius 3 is 2.27 bits per heavy atom. The molecule has 0 aliphatic heterocycles. The van der Waals surface area contributed by atoms with Crippen molar-refractivity contribution in [2.45, 2.75) is 52.4 Å². The van der Waals surface area contributed by atoms with E-state index in [1.54, 1.807) is 17.1 Å². The van der Waals surface area contributed by atoms with Crippen LogP contribution in [-0.4, -0.2) is 18.3 Å². The van der Waals surface area contributed by atoms with Crippen LogP contribution in [0.5, 0.6) is 11.5 Å². The fraction of sp³-hybridized carbons (Fsp3) is 0.357. The average molecular weight is 448 g/mol. The van der Waals surface area contributed by atoms with Crippen molar-refractivity contribution >= 4 is 21.8 Å². The summed E-state index contributed by atoms with van der Waals surface area (Å²) in [4.78, 5) is 10.9. The summed E-state index contributed by atoms with van der Waals surface area (Å²) in [7, 11) is 0. The standard InChI is InChI=1S/C28H32FN2O2/c1-27(2,3)20-8-10-25-19(15-20)16-22(32-14-12-29)18-31(25)33-26-11-13-30-24-9-7-21(17-23(24)26)28(4,5)6/h7-11,13,15-18H,12,14H2,1-6H3/q+1. The van der Waals surface area contributed by atoms with Crippen LogP contribution in [0.15, 0.2) is 60.9 Å². The van der Waals surface area contributed by atoms with Gasteiger partial charge in [0.1, 0.15) is 13.3 Å². The molecule has 0 aliphatic carbocycles. The fourth-order valence-corrected chi connectivity index (χ4v) is 3.80. The number of ether oxygens (including phenoxy) is 1. The van der Waals surface area contributed by atoms with Crippen LogP contribution in [0.25, 0.3) is 21.8 Å². The van der Waals surface area contributed by atoms with E-state index < -0.39 is 6.67 Å². The molecule has 0 saturated heterocycles. The second-order valence-corrected chi connectivity index (χ2v) is 10.4. The van der Waals surface area contributed by atoms with Gasteiger partial charge in [-0.2, -0.15) is 0 Å². The van der Waals surface area contributed by atoms with Gasteiger partial charge in [0, 0.05) is 29.1 Å². The summed E-state index contributed by atoms with van der Waals surface area (Å²) in [5.41, 5.74) is 4.18. The molecule has 0 bridgehead atoms. The van der Waals surface area contributed by atoms with E-state index in [0.717, 1.165) is 21.8 Å². The van der Waals surface area contributed by atoms with Gasteiger partial charge in [-0.05, 0) is 40.2 Å². The van der Waals surface area contributed by atoms with Crippen molar-refractivity contribution in [2.24, 2.45) is 0 Å². The molecule has 0 N–H and O–H groups in total. The number of benzene rings is 2. The maximum absolute atomic E-state index is 12.8. The van der Waals surface area contributed by atoms with Crippen LogP contribution in [0.1, 0.15) is 52.7 Å². The van der Waals surface area contributed by atoms with Crippen LogP contribution in [-0.2, 0) is 10.8 Å². The molecule has 2 aromatic carbocycles. The Labute approximate surface area is 194 Å². The lowest BCUT2D eigenvalue weighted by Gasteiger charge is -2.19. The third-order valence-corrected chi connectivity index (χ3v) is 5.78. The van der Waals surface area contributed by atoms with Gasteiger partial charge in [0.15, 0.2) is 5.75 Å². The first-order chi connectivity index (χ1) is 15.6. The number of alkyl halides is 1. The Kier molecular flexibility index (Phi) is 6.00. The molecule has 0 atom stereocenters. The molecule has 172 valence electrons. The summed E-state index contributed by atoms with van der Waals surface area (Å²) in [6, 6.07) is 16.4. The van der Waals surface area contributed by atoms with Gasteiger partial charge >= 0.3 is 0 Å². The molecule has 0 unspecified atom stereocenters. The minimum atomic E-state index is -0.550. The van der Waals surface area contributed by atoms with Crippen molar-refractivity contribution in [3.05, 3.63) is 72.1 Å². The summed E-state index contributed by atoms with van der Waals surface area (Å²) in [6.07, 6.45) is 3.51. The van der Waals surface area contributed by atoms with Gasteiger partial charge < -0.3 is 4.74 Å². The third kappa shape index (κ3) is 4.92. The van der Waals surface area contributed by atoms with Gasteiger partial charge in [-0.25, -0.2) is 9.23 Å². The number of halogens is 1. The number of fused-ring (bicyclic) bond motifs is 2. The predicted octanol–water partition coefficient (Wildman–Crippen LogP) is 6.46. The second kappa shape index (κ2) is 8.62. The zero-order valence-electron chi connectivity index (χ0n) is 20.3. The van der Waals surface area contributed by atoms with Crippen LogP contribution < -0.4 is 14.3 Å². The fourth-order valence-electron chi connectivity index (χ4n) is 3.80. The Hall–Kier alpha value is -3.21. The molecule has 0 aliphatic rings. The lowest BCUT2D eigenvalue weighted by atomic mass is 9.86. The molecule has 0 saturated carbocycles. The highest BCUT2D eigenvalue weighted by atomic mass is 19.1. The second-order valence-electron chi connectivity index (χ2n) is 10.4. The number of pyridine rings is 2. The lowest BCUT2D eigenvalue weighted by molar-refractivity contribution is -0.854. The molecule has 4 rings (SSSR count). The van der Waals surface area contributed by atoms with Gasteiger partial charge in [0.05, 0.1) is 16.3 Å². The van der Waals surface area contributed by atoms with Crippen LogP contribution in [0.3, 0.4) is 0 Å². The quantitative estimate of drug-likeness (QED) is 0.329. The van der Waals surface area contributed by atoms with Crippen LogP contribution >= 0.6 is 0 Å². The van der Waals surface area contributed by atoms with Gasteiger partial charge in [-0.15, -0.1) is 0 Å². The van der Waals surface area contributed by atoms with Gasteiger partial charge in [0.2, 0.25) is 5.75 Å². The van der Waals surface area contributed by atoms with E-state index in [2.05, 4.69) is 76.9 Å². The topological polar surface area (TPSA) is 35.2 Å². The van der Waals surface area contributed by atoms with Crippen molar-refractivity contribution < 1.29 is 18.7 Å². The Morgan fingerprint density at radius 2 is 1.58 bits per heavy atom. The van der Waals surface area contributed by atoms with Crippen LogP contribution in [0.4, 0.5) is 4.39 Å². The maximum atomic E-state index is 12.8. The summed E-state index contributed by atoms with van der Waals surface area (Å²) in [5.74, 6) is 1.25. The van der Waals surface area contributed by atoms with Crippen molar-refractivity contribution in [1.29, 1.82) is 0 Å². The predicted molar refractivity (Wildman–Crippen MR) is 131 cm³/mol. The van der Waals surface area contributed by atoms with Crippen molar-refractivity contribution in [1.82, 2.24) is 4.98 Å². The highest BCUT2D eigenvalue weighted by molar-refractivity contribution is 5.85. The first-order valence-electron chi connectivity index (χ1n) is 11.3. The first kappa shape index (κ1) is 23.0. The SMILES string of the molecule is CC(C)(C)c1ccc2c(cc(OCCF)c[n+]2Oc2ccnc3ccc(C(C)(C)C)cc23)c1. The van der Waals surface area contributed by atoms with E-state index in [-0.39, 0.29) is 17.4 Å². The summed E-state index contributed by atoms with van der Waals surface area (Å²) >= 11 is 0. The van der Waals surface area contributed by atoms with Gasteiger partial charge in [-0.3, -0.25) is 4.98 Å². The molecule has 33 heavy (non-hydrogen) atoms. The molecule has 0 spiro atoms. The van der Waals surface area contributed by atoms with E-state index in [0.29, 0.717) is 11.5 Å². The van der Waals surface area contributed by atoms with E-state index >= 15 is 0 Å². The van der Waals surface area contributed by atoms with Crippen molar-refractivity contribution in [3.8, 4) is 11.5 Å². The number of hydrogen-bond acceptors (Lipinski definition) is 3. The zero-order chi connectivity index (χ0) is 23.8. The van der Waals surface area contributed by atoms with E-state index in [1.165, 1.54) is 11.1 Å². The summed E-state index contributed by atoms with van der Waals surface area (Å²) < 4.78 is 20.1. The molecule has 5 heteroatoms. The number of hydrogen-bond donors (Lipinski definition) is 0. The minimum absolute atomic E-state index is 0.000333. The smallest absolute Gasteiger partial charge is 0.265 e. The Bertz CT molecular complexity index is 1300. The van der Waals surface area contributed by atoms with Crippen LogP contribution in [0.2, 0.25) is 0 Å². The van der Waals surface area contributed by atoms with Gasteiger partial charge in [-0.1, -0.05) is 53.7 Å². The number of nitrogens with zero attached hydrogens (tertiary/aromatic N) is 2. The van der Waals surface area contributed by atoms with Crippen LogP contribution in [0, 0.1) is 0 Å².